The third-order valence-corrected chi connectivity index (χ3v) is 5.16. The molecule has 0 unspecified atom stereocenters. The van der Waals surface area contributed by atoms with Gasteiger partial charge in [0.25, 0.3) is 0 Å². The van der Waals surface area contributed by atoms with Gasteiger partial charge in [0.2, 0.25) is 12.7 Å². The Morgan fingerprint density at radius 2 is 1.94 bits per heavy atom. The minimum atomic E-state index is -0.921. The first-order valence-electron chi connectivity index (χ1n) is 9.99. The monoisotopic (exact) mass is 428 g/mol. The van der Waals surface area contributed by atoms with Crippen molar-refractivity contribution in [2.24, 2.45) is 5.41 Å². The van der Waals surface area contributed by atoms with E-state index >= 15 is 0 Å². The number of carbonyl (C=O) groups excluding carboxylic acids is 1. The van der Waals surface area contributed by atoms with Crippen molar-refractivity contribution < 1.29 is 18.7 Å². The molecule has 3 heterocycles. The van der Waals surface area contributed by atoms with Gasteiger partial charge in [-0.05, 0) is 30.2 Å². The summed E-state index contributed by atoms with van der Waals surface area (Å²) < 4.78 is 26.6. The lowest BCUT2D eigenvalue weighted by Gasteiger charge is -2.18. The average molecular weight is 428 g/mol. The number of nitrogens with zero attached hydrogens (tertiary/aromatic N) is 4. The Hall–Kier alpha value is -3.43. The topological polar surface area (TPSA) is 117 Å². The number of imidazole rings is 1. The smallest absolute Gasteiger partial charge is 0.312 e. The molecular formula is C21H25FN6O3. The van der Waals surface area contributed by atoms with Crippen LogP contribution in [0.25, 0.3) is 11.2 Å². The summed E-state index contributed by atoms with van der Waals surface area (Å²) in [6, 6.07) is 3.83. The predicted molar refractivity (Wildman–Crippen MR) is 112 cm³/mol. The number of nitrogens with two attached hydrogens (primary N) is 1. The van der Waals surface area contributed by atoms with Crippen molar-refractivity contribution in [3.05, 3.63) is 35.2 Å². The van der Waals surface area contributed by atoms with Gasteiger partial charge in [-0.2, -0.15) is 14.4 Å². The van der Waals surface area contributed by atoms with Crippen LogP contribution in [0.4, 0.5) is 10.2 Å². The second-order valence-corrected chi connectivity index (χ2v) is 8.54. The van der Waals surface area contributed by atoms with E-state index in [0.717, 1.165) is 11.1 Å². The third-order valence-electron chi connectivity index (χ3n) is 5.16. The highest BCUT2D eigenvalue weighted by Gasteiger charge is 2.22. The van der Waals surface area contributed by atoms with Gasteiger partial charge < -0.3 is 25.1 Å². The summed E-state index contributed by atoms with van der Waals surface area (Å²) in [5, 5.41) is 2.90. The largest absolute Gasteiger partial charge is 0.454 e. The molecule has 3 aromatic rings. The molecule has 0 fully saturated rings. The molecule has 0 aliphatic carbocycles. The Morgan fingerprint density at radius 1 is 1.23 bits per heavy atom. The van der Waals surface area contributed by atoms with Gasteiger partial charge in [-0.3, -0.25) is 4.79 Å². The summed E-state index contributed by atoms with van der Waals surface area (Å²) in [7, 11) is 0. The Kier molecular flexibility index (Phi) is 5.16. The molecule has 4 rings (SSSR count). The minimum absolute atomic E-state index is 0.0244. The summed E-state index contributed by atoms with van der Waals surface area (Å²) in [4.78, 5) is 24.3. The summed E-state index contributed by atoms with van der Waals surface area (Å²) in [5.74, 6) is 1.91. The molecule has 0 saturated carbocycles. The number of nitrogen functional groups attached to an aromatic ring is 1. The van der Waals surface area contributed by atoms with Crippen molar-refractivity contribution in [3.63, 3.8) is 0 Å². The predicted octanol–water partition coefficient (Wildman–Crippen LogP) is 2.34. The first-order chi connectivity index (χ1) is 14.6. The van der Waals surface area contributed by atoms with Gasteiger partial charge in [-0.25, -0.2) is 4.98 Å². The maximum Gasteiger partial charge on any atom is 0.312 e. The molecule has 0 bridgehead atoms. The second-order valence-electron chi connectivity index (χ2n) is 8.54. The number of amides is 1. The lowest BCUT2D eigenvalue weighted by Crippen LogP contribution is -2.36. The van der Waals surface area contributed by atoms with Crippen molar-refractivity contribution in [2.45, 2.75) is 40.7 Å². The number of aromatic nitrogens is 4. The molecule has 9 nitrogen and oxygen atoms in total. The Labute approximate surface area is 178 Å². The summed E-state index contributed by atoms with van der Waals surface area (Å²) in [6.07, 6.45) is -0.483. The third kappa shape index (κ3) is 4.10. The number of anilines is 1. The van der Waals surface area contributed by atoms with Crippen molar-refractivity contribution >= 4 is 22.9 Å². The number of benzene rings is 1. The number of halogens is 1. The van der Waals surface area contributed by atoms with E-state index in [1.165, 1.54) is 0 Å². The molecule has 164 valence electrons. The van der Waals surface area contributed by atoms with Crippen LogP contribution in [0.5, 0.6) is 11.5 Å². The van der Waals surface area contributed by atoms with E-state index in [2.05, 4.69) is 20.3 Å². The highest BCUT2D eigenvalue weighted by molar-refractivity contribution is 5.82. The maximum absolute atomic E-state index is 13.9. The van der Waals surface area contributed by atoms with Crippen LogP contribution in [-0.2, 0) is 17.8 Å². The molecular weight excluding hydrogens is 403 g/mol. The van der Waals surface area contributed by atoms with Crippen molar-refractivity contribution in [2.75, 3.05) is 19.1 Å². The fourth-order valence-electron chi connectivity index (χ4n) is 3.40. The molecule has 10 heteroatoms. The van der Waals surface area contributed by atoms with E-state index in [1.807, 2.05) is 39.8 Å². The van der Waals surface area contributed by atoms with Crippen LogP contribution in [-0.4, -0.2) is 38.8 Å². The van der Waals surface area contributed by atoms with Crippen LogP contribution in [0.2, 0.25) is 0 Å². The molecule has 1 aliphatic rings. The van der Waals surface area contributed by atoms with Crippen LogP contribution in [0.3, 0.4) is 0 Å². The SMILES string of the molecule is Cc1cc2c(cc1Cc1nc3c(N)nc(F)nc3n1CCNC(=O)C(C)(C)C)OCO2. The molecule has 1 amide bonds. The van der Waals surface area contributed by atoms with Crippen molar-refractivity contribution in [1.82, 2.24) is 24.8 Å². The molecule has 0 radical (unpaired) electrons. The normalized spacial score (nSPS) is 13.1. The van der Waals surface area contributed by atoms with E-state index in [-0.39, 0.29) is 18.5 Å². The first-order valence-corrected chi connectivity index (χ1v) is 9.99. The summed E-state index contributed by atoms with van der Waals surface area (Å²) >= 11 is 0. The molecule has 1 aliphatic heterocycles. The van der Waals surface area contributed by atoms with E-state index in [4.69, 9.17) is 15.2 Å². The van der Waals surface area contributed by atoms with Gasteiger partial charge in [0.15, 0.2) is 28.5 Å². The van der Waals surface area contributed by atoms with E-state index in [1.54, 1.807) is 4.57 Å². The fraction of sp³-hybridized carbons (Fsp3) is 0.429. The maximum atomic E-state index is 13.9. The standard InChI is InChI=1S/C21H25FN6O3/c1-11-7-13-14(31-10-30-13)8-12(11)9-15-25-16-17(23)26-20(22)27-18(16)28(15)6-5-24-19(29)21(2,3)4/h7-8H,5-6,9-10H2,1-4H3,(H,24,29)(H2,23,26,27). The molecule has 0 spiro atoms. The number of fused-ring (bicyclic) bond motifs is 2. The fourth-order valence-corrected chi connectivity index (χ4v) is 3.40. The van der Waals surface area contributed by atoms with E-state index in [0.29, 0.717) is 48.0 Å². The number of carbonyl (C=O) groups is 1. The van der Waals surface area contributed by atoms with E-state index in [9.17, 15) is 9.18 Å². The number of ether oxygens (including phenoxy) is 2. The van der Waals surface area contributed by atoms with Crippen molar-refractivity contribution in [3.8, 4) is 11.5 Å². The highest BCUT2D eigenvalue weighted by Crippen LogP contribution is 2.35. The second kappa shape index (κ2) is 7.68. The molecule has 1 aromatic carbocycles. The average Bonchev–Trinajstić information content (AvgIpc) is 3.26. The zero-order valence-electron chi connectivity index (χ0n) is 18.0. The summed E-state index contributed by atoms with van der Waals surface area (Å²) in [5.41, 5.74) is 8.00. The highest BCUT2D eigenvalue weighted by atomic mass is 19.1. The van der Waals surface area contributed by atoms with Gasteiger partial charge >= 0.3 is 6.08 Å². The molecule has 3 N–H and O–H groups in total. The van der Waals surface area contributed by atoms with Crippen LogP contribution < -0.4 is 20.5 Å². The zero-order valence-corrected chi connectivity index (χ0v) is 18.0. The van der Waals surface area contributed by atoms with Gasteiger partial charge in [0.05, 0.1) is 0 Å². The summed E-state index contributed by atoms with van der Waals surface area (Å²) in [6.45, 7) is 8.37. The molecule has 2 aromatic heterocycles. The number of aryl methyl sites for hydroxylation is 1. The van der Waals surface area contributed by atoms with Gasteiger partial charge in [-0.15, -0.1) is 0 Å². The number of hydrogen-bond acceptors (Lipinski definition) is 7. The van der Waals surface area contributed by atoms with Crippen LogP contribution >= 0.6 is 0 Å². The Bertz CT molecular complexity index is 1170. The van der Waals surface area contributed by atoms with Gasteiger partial charge in [0.1, 0.15) is 5.82 Å². The zero-order chi connectivity index (χ0) is 22.3. The number of nitrogens with one attached hydrogen (secondary N) is 1. The Balaban J connectivity index is 1.68. The molecule has 31 heavy (non-hydrogen) atoms. The van der Waals surface area contributed by atoms with Crippen LogP contribution in [0.1, 0.15) is 37.7 Å². The van der Waals surface area contributed by atoms with Crippen molar-refractivity contribution in [1.29, 1.82) is 0 Å². The number of hydrogen-bond donors (Lipinski definition) is 2. The minimum Gasteiger partial charge on any atom is -0.454 e. The lowest BCUT2D eigenvalue weighted by molar-refractivity contribution is -0.128. The Morgan fingerprint density at radius 3 is 2.65 bits per heavy atom. The van der Waals surface area contributed by atoms with Gasteiger partial charge in [-0.1, -0.05) is 20.8 Å². The number of rotatable bonds is 5. The van der Waals surface area contributed by atoms with Crippen LogP contribution in [0, 0.1) is 18.4 Å². The quantitative estimate of drug-likeness (QED) is 0.599. The van der Waals surface area contributed by atoms with Crippen LogP contribution in [0.15, 0.2) is 12.1 Å². The lowest BCUT2D eigenvalue weighted by atomic mass is 9.96. The van der Waals surface area contributed by atoms with Gasteiger partial charge in [0, 0.05) is 24.9 Å². The van der Waals surface area contributed by atoms with E-state index < -0.39 is 11.5 Å². The molecule has 0 saturated heterocycles. The molecule has 0 atom stereocenters. The first kappa shape index (κ1) is 20.8.